The van der Waals surface area contributed by atoms with Gasteiger partial charge in [-0.3, -0.25) is 4.68 Å². The average Bonchev–Trinajstić information content (AvgIpc) is 2.30. The number of aryl methyl sites for hydroxylation is 1. The minimum absolute atomic E-state index is 0.520. The SMILES string of the molecule is Cc1nn(CCNC(C)C)cc1Cl. The topological polar surface area (TPSA) is 29.9 Å². The van der Waals surface area contributed by atoms with E-state index in [4.69, 9.17) is 11.6 Å². The molecule has 0 saturated heterocycles. The molecule has 1 aromatic heterocycles. The lowest BCUT2D eigenvalue weighted by atomic mass is 10.4. The Hall–Kier alpha value is -0.540. The number of hydrogen-bond donors (Lipinski definition) is 1. The van der Waals surface area contributed by atoms with Crippen LogP contribution in [0.4, 0.5) is 0 Å². The van der Waals surface area contributed by atoms with Crippen LogP contribution < -0.4 is 5.32 Å². The van der Waals surface area contributed by atoms with Gasteiger partial charge in [0.05, 0.1) is 17.3 Å². The second-order valence-electron chi connectivity index (χ2n) is 3.43. The van der Waals surface area contributed by atoms with Gasteiger partial charge in [0.1, 0.15) is 0 Å². The number of aromatic nitrogens is 2. The highest BCUT2D eigenvalue weighted by atomic mass is 35.5. The van der Waals surface area contributed by atoms with Gasteiger partial charge < -0.3 is 5.32 Å². The van der Waals surface area contributed by atoms with Crippen LogP contribution in [0.25, 0.3) is 0 Å². The van der Waals surface area contributed by atoms with E-state index in [9.17, 15) is 0 Å². The molecule has 0 bridgehead atoms. The van der Waals surface area contributed by atoms with Crippen molar-refractivity contribution in [3.05, 3.63) is 16.9 Å². The lowest BCUT2D eigenvalue weighted by molar-refractivity contribution is 0.514. The van der Waals surface area contributed by atoms with Crippen LogP contribution in [0.1, 0.15) is 19.5 Å². The predicted octanol–water partition coefficient (Wildman–Crippen LogP) is 1.84. The summed E-state index contributed by atoms with van der Waals surface area (Å²) in [5.74, 6) is 0. The maximum atomic E-state index is 5.87. The van der Waals surface area contributed by atoms with Gasteiger partial charge in [-0.05, 0) is 6.92 Å². The zero-order chi connectivity index (χ0) is 9.84. The van der Waals surface area contributed by atoms with Gasteiger partial charge in [-0.15, -0.1) is 0 Å². The lowest BCUT2D eigenvalue weighted by Gasteiger charge is -2.07. The Morgan fingerprint density at radius 3 is 2.77 bits per heavy atom. The predicted molar refractivity (Wildman–Crippen MR) is 55.1 cm³/mol. The van der Waals surface area contributed by atoms with Crippen LogP contribution in [0.2, 0.25) is 5.02 Å². The molecule has 0 atom stereocenters. The van der Waals surface area contributed by atoms with Crippen LogP contribution in [0.3, 0.4) is 0 Å². The fraction of sp³-hybridized carbons (Fsp3) is 0.667. The summed E-state index contributed by atoms with van der Waals surface area (Å²) in [4.78, 5) is 0. The van der Waals surface area contributed by atoms with Crippen molar-refractivity contribution in [2.75, 3.05) is 6.54 Å². The fourth-order valence-electron chi connectivity index (χ4n) is 1.08. The third-order valence-corrected chi connectivity index (χ3v) is 2.15. The van der Waals surface area contributed by atoms with Crippen LogP contribution in [-0.4, -0.2) is 22.4 Å². The second kappa shape index (κ2) is 4.63. The number of hydrogen-bond acceptors (Lipinski definition) is 2. The third kappa shape index (κ3) is 3.36. The summed E-state index contributed by atoms with van der Waals surface area (Å²) in [6.07, 6.45) is 1.86. The molecule has 1 N–H and O–H groups in total. The van der Waals surface area contributed by atoms with Crippen molar-refractivity contribution in [2.45, 2.75) is 33.4 Å². The molecule has 1 rings (SSSR count). The van der Waals surface area contributed by atoms with Gasteiger partial charge in [-0.25, -0.2) is 0 Å². The van der Waals surface area contributed by atoms with E-state index >= 15 is 0 Å². The molecule has 1 heterocycles. The number of rotatable bonds is 4. The fourth-order valence-corrected chi connectivity index (χ4v) is 1.23. The molecule has 1 aromatic rings. The summed E-state index contributed by atoms with van der Waals surface area (Å²) in [5, 5.41) is 8.31. The first kappa shape index (κ1) is 10.5. The van der Waals surface area contributed by atoms with Crippen LogP contribution in [-0.2, 0) is 6.54 Å². The molecule has 0 saturated carbocycles. The van der Waals surface area contributed by atoms with Gasteiger partial charge in [0.15, 0.2) is 0 Å². The van der Waals surface area contributed by atoms with Gasteiger partial charge in [0.2, 0.25) is 0 Å². The second-order valence-corrected chi connectivity index (χ2v) is 3.84. The van der Waals surface area contributed by atoms with E-state index in [1.165, 1.54) is 0 Å². The van der Waals surface area contributed by atoms with Crippen LogP contribution in [0.15, 0.2) is 6.20 Å². The minimum Gasteiger partial charge on any atom is -0.313 e. The summed E-state index contributed by atoms with van der Waals surface area (Å²) in [5.41, 5.74) is 0.895. The summed E-state index contributed by atoms with van der Waals surface area (Å²) >= 11 is 5.87. The van der Waals surface area contributed by atoms with E-state index in [1.54, 1.807) is 0 Å². The average molecular weight is 202 g/mol. The Morgan fingerprint density at radius 1 is 1.62 bits per heavy atom. The molecule has 0 aliphatic heterocycles. The molecular formula is C9H16ClN3. The zero-order valence-corrected chi connectivity index (χ0v) is 9.10. The molecule has 0 unspecified atom stereocenters. The van der Waals surface area contributed by atoms with Crippen LogP contribution in [0.5, 0.6) is 0 Å². The lowest BCUT2D eigenvalue weighted by Crippen LogP contribution is -2.26. The maximum Gasteiger partial charge on any atom is 0.0814 e. The Bertz CT molecular complexity index is 248. The molecule has 3 nitrogen and oxygen atoms in total. The largest absolute Gasteiger partial charge is 0.313 e. The minimum atomic E-state index is 0.520. The first-order chi connectivity index (χ1) is 6.09. The van der Waals surface area contributed by atoms with Crippen LogP contribution in [0, 0.1) is 6.92 Å². The molecule has 13 heavy (non-hydrogen) atoms. The molecule has 0 radical (unpaired) electrons. The first-order valence-corrected chi connectivity index (χ1v) is 4.90. The Morgan fingerprint density at radius 2 is 2.31 bits per heavy atom. The maximum absolute atomic E-state index is 5.87. The van der Waals surface area contributed by atoms with Gasteiger partial charge in [-0.2, -0.15) is 5.10 Å². The van der Waals surface area contributed by atoms with Crippen molar-refractivity contribution in [2.24, 2.45) is 0 Å². The smallest absolute Gasteiger partial charge is 0.0814 e. The quantitative estimate of drug-likeness (QED) is 0.806. The summed E-state index contributed by atoms with van der Waals surface area (Å²) in [7, 11) is 0. The molecule has 0 spiro atoms. The Labute approximate surface area is 84.1 Å². The van der Waals surface area contributed by atoms with Crippen molar-refractivity contribution in [3.8, 4) is 0 Å². The first-order valence-electron chi connectivity index (χ1n) is 4.52. The highest BCUT2D eigenvalue weighted by Gasteiger charge is 2.00. The summed E-state index contributed by atoms with van der Waals surface area (Å²) in [6.45, 7) is 7.96. The monoisotopic (exact) mass is 201 g/mol. The van der Waals surface area contributed by atoms with E-state index in [2.05, 4.69) is 24.3 Å². The van der Waals surface area contributed by atoms with E-state index in [0.717, 1.165) is 23.8 Å². The highest BCUT2D eigenvalue weighted by Crippen LogP contribution is 2.11. The van der Waals surface area contributed by atoms with E-state index in [0.29, 0.717) is 6.04 Å². The zero-order valence-electron chi connectivity index (χ0n) is 8.34. The molecule has 0 fully saturated rings. The van der Waals surface area contributed by atoms with Crippen molar-refractivity contribution in [1.29, 1.82) is 0 Å². The molecule has 0 aliphatic carbocycles. The normalized spacial score (nSPS) is 11.2. The van der Waals surface area contributed by atoms with Crippen molar-refractivity contribution < 1.29 is 0 Å². The Kier molecular flexibility index (Phi) is 3.75. The standard InChI is InChI=1S/C9H16ClN3/c1-7(2)11-4-5-13-6-9(10)8(3)12-13/h6-7,11H,4-5H2,1-3H3. The van der Waals surface area contributed by atoms with Crippen molar-refractivity contribution in [1.82, 2.24) is 15.1 Å². The highest BCUT2D eigenvalue weighted by molar-refractivity contribution is 6.31. The Balaban J connectivity index is 2.37. The van der Waals surface area contributed by atoms with E-state index < -0.39 is 0 Å². The summed E-state index contributed by atoms with van der Waals surface area (Å²) in [6, 6.07) is 0.520. The van der Waals surface area contributed by atoms with E-state index in [1.807, 2.05) is 17.8 Å². The third-order valence-electron chi connectivity index (χ3n) is 1.78. The van der Waals surface area contributed by atoms with Crippen molar-refractivity contribution in [3.63, 3.8) is 0 Å². The van der Waals surface area contributed by atoms with Gasteiger partial charge in [0.25, 0.3) is 0 Å². The van der Waals surface area contributed by atoms with Crippen LogP contribution >= 0.6 is 11.6 Å². The van der Waals surface area contributed by atoms with E-state index in [-0.39, 0.29) is 0 Å². The van der Waals surface area contributed by atoms with Gasteiger partial charge >= 0.3 is 0 Å². The number of nitrogens with zero attached hydrogens (tertiary/aromatic N) is 2. The number of nitrogens with one attached hydrogen (secondary N) is 1. The van der Waals surface area contributed by atoms with Gasteiger partial charge in [0, 0.05) is 18.8 Å². The summed E-state index contributed by atoms with van der Waals surface area (Å²) < 4.78 is 1.87. The number of halogens is 1. The molecular weight excluding hydrogens is 186 g/mol. The van der Waals surface area contributed by atoms with Crippen molar-refractivity contribution >= 4 is 11.6 Å². The van der Waals surface area contributed by atoms with Gasteiger partial charge in [-0.1, -0.05) is 25.4 Å². The molecule has 4 heteroatoms. The molecule has 0 amide bonds. The molecule has 0 aromatic carbocycles. The molecule has 74 valence electrons. The molecule has 0 aliphatic rings.